The van der Waals surface area contributed by atoms with Crippen LogP contribution in [-0.2, 0) is 15.9 Å². The Balaban J connectivity index is 0.000000647. The quantitative estimate of drug-likeness (QED) is 0.816. The zero-order valence-corrected chi connectivity index (χ0v) is 15.1. The molecule has 6 heteroatoms. The Morgan fingerprint density at radius 3 is 2.08 bits per heavy atom. The fourth-order valence-electron chi connectivity index (χ4n) is 3.39. The third kappa shape index (κ3) is 3.97. The van der Waals surface area contributed by atoms with Crippen molar-refractivity contribution < 1.29 is 17.4 Å². The van der Waals surface area contributed by atoms with Crippen molar-refractivity contribution in [1.82, 2.24) is 5.32 Å². The van der Waals surface area contributed by atoms with Crippen LogP contribution >= 0.6 is 0 Å². The van der Waals surface area contributed by atoms with E-state index in [4.69, 9.17) is 0 Å². The first-order valence-electron chi connectivity index (χ1n) is 8.37. The third-order valence-corrected chi connectivity index (χ3v) is 6.43. The summed E-state index contributed by atoms with van der Waals surface area (Å²) in [5, 5.41) is 3.28. The van der Waals surface area contributed by atoms with Crippen LogP contribution < -0.4 is 5.32 Å². The van der Waals surface area contributed by atoms with Gasteiger partial charge in [0.1, 0.15) is 0 Å². The van der Waals surface area contributed by atoms with Crippen molar-refractivity contribution in [3.8, 4) is 0 Å². The lowest BCUT2D eigenvalue weighted by Crippen LogP contribution is -2.60. The molecule has 1 aromatic carbocycles. The van der Waals surface area contributed by atoms with E-state index in [0.717, 1.165) is 25.1 Å². The molecule has 2 aliphatic rings. The number of nitrogens with one attached hydrogen (secondary N) is 1. The molecule has 2 fully saturated rings. The highest BCUT2D eigenvalue weighted by molar-refractivity contribution is 8.01. The maximum atomic E-state index is 12.7. The van der Waals surface area contributed by atoms with Crippen LogP contribution in [0.4, 0.5) is 13.2 Å². The van der Waals surface area contributed by atoms with Crippen molar-refractivity contribution in [2.75, 3.05) is 13.1 Å². The number of hydrogen-bond donors (Lipinski definition) is 1. The minimum Gasteiger partial charge on any atom is -0.316 e. The molecule has 0 amide bonds. The average Bonchev–Trinajstić information content (AvgIpc) is 2.40. The molecule has 1 saturated heterocycles. The number of halogens is 3. The van der Waals surface area contributed by atoms with Crippen molar-refractivity contribution in [2.45, 2.75) is 49.9 Å². The van der Waals surface area contributed by atoms with E-state index in [1.807, 2.05) is 0 Å². The van der Waals surface area contributed by atoms with Gasteiger partial charge in [0.15, 0.2) is 0 Å². The molecule has 1 atom stereocenters. The summed E-state index contributed by atoms with van der Waals surface area (Å²) < 4.78 is 49.7. The summed E-state index contributed by atoms with van der Waals surface area (Å²) in [6.45, 7) is 6.44. The monoisotopic (exact) mass is 361 g/mol. The predicted octanol–water partition coefficient (Wildman–Crippen LogP) is 4.24. The van der Waals surface area contributed by atoms with E-state index in [-0.39, 0.29) is 4.90 Å². The first-order chi connectivity index (χ1) is 11.1. The molecule has 1 N–H and O–H groups in total. The lowest BCUT2D eigenvalue weighted by atomic mass is 9.57. The van der Waals surface area contributed by atoms with Gasteiger partial charge in [-0.1, -0.05) is 32.4 Å². The molecule has 1 saturated carbocycles. The summed E-state index contributed by atoms with van der Waals surface area (Å²) >= 11 is 0. The second-order valence-corrected chi connectivity index (χ2v) is 9.34. The molecule has 0 radical (unpaired) electrons. The summed E-state index contributed by atoms with van der Waals surface area (Å²) in [4.78, 5) is -0.243. The van der Waals surface area contributed by atoms with Gasteiger partial charge in [0, 0.05) is 18.0 Å². The Bertz CT molecular complexity index is 638. The molecule has 1 aliphatic carbocycles. The minimum absolute atomic E-state index is 0.243. The maximum Gasteiger partial charge on any atom is 0.467 e. The molecular weight excluding hydrogens is 335 g/mol. The van der Waals surface area contributed by atoms with Crippen LogP contribution in [0.3, 0.4) is 0 Å². The molecule has 0 bridgehead atoms. The SMILES string of the molecule is C=S(=O)(c1ccc(CC2CC3(CNC3)C2)cc1)C(F)(F)F.CCC. The first-order valence-corrected chi connectivity index (χ1v) is 10.1. The molecule has 136 valence electrons. The van der Waals surface area contributed by atoms with Crippen LogP contribution in [0.25, 0.3) is 0 Å². The van der Waals surface area contributed by atoms with Crippen LogP contribution in [0.5, 0.6) is 0 Å². The van der Waals surface area contributed by atoms with Crippen molar-refractivity contribution in [3.05, 3.63) is 29.8 Å². The average molecular weight is 361 g/mol. The highest BCUT2D eigenvalue weighted by Crippen LogP contribution is 2.49. The summed E-state index contributed by atoms with van der Waals surface area (Å²) in [5.41, 5.74) is -3.29. The minimum atomic E-state index is -4.80. The van der Waals surface area contributed by atoms with E-state index in [9.17, 15) is 17.4 Å². The fourth-order valence-corrected chi connectivity index (χ4v) is 4.23. The smallest absolute Gasteiger partial charge is 0.316 e. The van der Waals surface area contributed by atoms with E-state index < -0.39 is 15.0 Å². The highest BCUT2D eigenvalue weighted by atomic mass is 32.2. The van der Waals surface area contributed by atoms with Crippen LogP contribution in [0.15, 0.2) is 29.2 Å². The predicted molar refractivity (Wildman–Crippen MR) is 93.7 cm³/mol. The largest absolute Gasteiger partial charge is 0.467 e. The maximum absolute atomic E-state index is 12.7. The molecule has 2 nitrogen and oxygen atoms in total. The molecule has 0 aromatic heterocycles. The number of rotatable bonds is 3. The highest BCUT2D eigenvalue weighted by Gasteiger charge is 2.47. The van der Waals surface area contributed by atoms with E-state index >= 15 is 0 Å². The molecule has 1 heterocycles. The van der Waals surface area contributed by atoms with Gasteiger partial charge in [-0.05, 0) is 54.2 Å². The van der Waals surface area contributed by atoms with Crippen molar-refractivity contribution in [2.24, 2.45) is 11.3 Å². The lowest BCUT2D eigenvalue weighted by Gasteiger charge is -2.54. The van der Waals surface area contributed by atoms with Gasteiger partial charge in [-0.15, -0.1) is 0 Å². The van der Waals surface area contributed by atoms with Crippen LogP contribution in [-0.4, -0.2) is 28.7 Å². The Morgan fingerprint density at radius 2 is 1.71 bits per heavy atom. The van der Waals surface area contributed by atoms with Crippen molar-refractivity contribution in [3.63, 3.8) is 0 Å². The molecule has 1 aromatic rings. The van der Waals surface area contributed by atoms with Gasteiger partial charge in [0.2, 0.25) is 0 Å². The van der Waals surface area contributed by atoms with Crippen LogP contribution in [0.1, 0.15) is 38.7 Å². The second kappa shape index (κ2) is 7.08. The molecule has 1 aliphatic heterocycles. The zero-order chi connectivity index (χ0) is 18.0. The second-order valence-electron chi connectivity index (χ2n) is 7.05. The van der Waals surface area contributed by atoms with E-state index in [0.29, 0.717) is 11.3 Å². The number of benzene rings is 1. The summed E-state index contributed by atoms with van der Waals surface area (Å²) in [6.07, 6.45) is 4.51. The van der Waals surface area contributed by atoms with Gasteiger partial charge in [0.05, 0.1) is 9.52 Å². The Hall–Kier alpha value is -1.01. The van der Waals surface area contributed by atoms with Crippen LogP contribution in [0, 0.1) is 11.3 Å². The van der Waals surface area contributed by atoms with Crippen LogP contribution in [0.2, 0.25) is 0 Å². The lowest BCUT2D eigenvalue weighted by molar-refractivity contribution is -0.0392. The van der Waals surface area contributed by atoms with Gasteiger partial charge in [-0.25, -0.2) is 0 Å². The Morgan fingerprint density at radius 1 is 1.21 bits per heavy atom. The summed E-state index contributed by atoms with van der Waals surface area (Å²) in [5.74, 6) is 3.48. The van der Waals surface area contributed by atoms with Gasteiger partial charge < -0.3 is 5.32 Å². The standard InChI is InChI=1S/C15H18F3NOS.C3H8/c1-21(20,15(16,17)18)13-4-2-11(3-5-13)6-12-7-14(8-12)9-19-10-14;1-3-2/h2-5,12,19H,1,6-10H2;3H2,1-2H3. The number of hydrogen-bond acceptors (Lipinski definition) is 2. The summed E-state index contributed by atoms with van der Waals surface area (Å²) in [6, 6.07) is 5.90. The Labute approximate surface area is 142 Å². The fraction of sp³-hybridized carbons (Fsp3) is 0.611. The molecular formula is C18H26F3NOS. The van der Waals surface area contributed by atoms with E-state index in [1.54, 1.807) is 12.1 Å². The zero-order valence-electron chi connectivity index (χ0n) is 14.3. The molecule has 1 spiro atoms. The van der Waals surface area contributed by atoms with Crippen molar-refractivity contribution >= 4 is 15.4 Å². The number of alkyl halides is 3. The normalized spacial score (nSPS) is 21.9. The van der Waals surface area contributed by atoms with Gasteiger partial charge in [0.25, 0.3) is 0 Å². The Kier molecular flexibility index (Phi) is 5.70. The molecule has 3 rings (SSSR count). The molecule has 1 unspecified atom stereocenters. The molecule has 24 heavy (non-hydrogen) atoms. The van der Waals surface area contributed by atoms with Gasteiger partial charge in [-0.3, -0.25) is 4.21 Å². The van der Waals surface area contributed by atoms with Crippen molar-refractivity contribution in [1.29, 1.82) is 0 Å². The van der Waals surface area contributed by atoms with Gasteiger partial charge in [-0.2, -0.15) is 13.2 Å². The first kappa shape index (κ1) is 19.3. The topological polar surface area (TPSA) is 29.1 Å². The van der Waals surface area contributed by atoms with E-state index in [2.05, 4.69) is 25.0 Å². The third-order valence-electron chi connectivity index (χ3n) is 4.65. The summed E-state index contributed by atoms with van der Waals surface area (Å²) in [7, 11) is -4.23. The van der Waals surface area contributed by atoms with E-state index in [1.165, 1.54) is 31.4 Å². The van der Waals surface area contributed by atoms with Gasteiger partial charge >= 0.3 is 5.51 Å².